The first-order chi connectivity index (χ1) is 13.1. The van der Waals surface area contributed by atoms with Crippen molar-refractivity contribution in [1.82, 2.24) is 5.06 Å². The number of amides is 2. The molecule has 1 saturated heterocycles. The van der Waals surface area contributed by atoms with Crippen molar-refractivity contribution in [3.63, 3.8) is 0 Å². The summed E-state index contributed by atoms with van der Waals surface area (Å²) in [6.45, 7) is -0.145. The van der Waals surface area contributed by atoms with Gasteiger partial charge in [-0.2, -0.15) is 0 Å². The van der Waals surface area contributed by atoms with Crippen LogP contribution in [-0.4, -0.2) is 29.5 Å². The van der Waals surface area contributed by atoms with Crippen LogP contribution >= 0.6 is 0 Å². The molecule has 3 aromatic carbocycles. The summed E-state index contributed by atoms with van der Waals surface area (Å²) in [5.41, 5.74) is 0.977. The van der Waals surface area contributed by atoms with E-state index in [1.807, 2.05) is 48.5 Å². The SMILES string of the molecule is O=C(COCc1c2ccccc2cc2ccccc12)ON1C(=O)CCC1=O. The first kappa shape index (κ1) is 17.2. The summed E-state index contributed by atoms with van der Waals surface area (Å²) in [6.07, 6.45) is 0.129. The predicted molar refractivity (Wildman–Crippen MR) is 98.3 cm³/mol. The second kappa shape index (κ2) is 7.17. The molecule has 6 nitrogen and oxygen atoms in total. The molecule has 6 heteroatoms. The maximum atomic E-state index is 11.9. The van der Waals surface area contributed by atoms with Crippen molar-refractivity contribution in [3.05, 3.63) is 60.2 Å². The number of fused-ring (bicyclic) bond motifs is 2. The van der Waals surface area contributed by atoms with Crippen LogP contribution in [-0.2, 0) is 30.6 Å². The Hall–Kier alpha value is -3.25. The molecule has 2 amide bonds. The molecule has 0 N–H and O–H groups in total. The number of imide groups is 1. The van der Waals surface area contributed by atoms with Crippen LogP contribution in [0.1, 0.15) is 18.4 Å². The average molecular weight is 363 g/mol. The Kier molecular flexibility index (Phi) is 4.56. The summed E-state index contributed by atoms with van der Waals surface area (Å²) < 4.78 is 5.55. The number of hydrogen-bond acceptors (Lipinski definition) is 5. The van der Waals surface area contributed by atoms with E-state index in [2.05, 4.69) is 6.07 Å². The van der Waals surface area contributed by atoms with Crippen molar-refractivity contribution in [3.8, 4) is 0 Å². The predicted octanol–water partition coefficient (Wildman–Crippen LogP) is 3.12. The average Bonchev–Trinajstić information content (AvgIpc) is 2.99. The molecule has 4 rings (SSSR count). The molecule has 1 heterocycles. The molecule has 0 radical (unpaired) electrons. The van der Waals surface area contributed by atoms with Crippen LogP contribution in [0.4, 0.5) is 0 Å². The van der Waals surface area contributed by atoms with Crippen molar-refractivity contribution in [2.45, 2.75) is 19.4 Å². The molecular weight excluding hydrogens is 346 g/mol. The van der Waals surface area contributed by atoms with Crippen LogP contribution in [0, 0.1) is 0 Å². The number of ether oxygens (including phenoxy) is 1. The van der Waals surface area contributed by atoms with Gasteiger partial charge in [0.1, 0.15) is 6.61 Å². The molecule has 0 aromatic heterocycles. The number of rotatable bonds is 5. The summed E-state index contributed by atoms with van der Waals surface area (Å²) >= 11 is 0. The van der Waals surface area contributed by atoms with Gasteiger partial charge in [0.25, 0.3) is 11.8 Å². The van der Waals surface area contributed by atoms with Gasteiger partial charge in [0, 0.05) is 12.8 Å². The van der Waals surface area contributed by atoms with Crippen LogP contribution in [0.15, 0.2) is 54.6 Å². The molecule has 0 bridgehead atoms. The summed E-state index contributed by atoms with van der Waals surface area (Å²) in [4.78, 5) is 39.7. The Morgan fingerprint density at radius 2 is 1.44 bits per heavy atom. The van der Waals surface area contributed by atoms with E-state index in [9.17, 15) is 14.4 Å². The van der Waals surface area contributed by atoms with Gasteiger partial charge >= 0.3 is 5.97 Å². The quantitative estimate of drug-likeness (QED) is 0.514. The summed E-state index contributed by atoms with van der Waals surface area (Å²) in [5.74, 6) is -1.79. The third-order valence-electron chi connectivity index (χ3n) is 4.55. The first-order valence-corrected chi connectivity index (χ1v) is 8.67. The van der Waals surface area contributed by atoms with Crippen LogP contribution in [0.25, 0.3) is 21.5 Å². The second-order valence-electron chi connectivity index (χ2n) is 6.34. The molecule has 1 aliphatic heterocycles. The number of hydrogen-bond donors (Lipinski definition) is 0. The summed E-state index contributed by atoms with van der Waals surface area (Å²) in [5, 5.41) is 4.80. The van der Waals surface area contributed by atoms with Gasteiger partial charge in [-0.3, -0.25) is 9.59 Å². The van der Waals surface area contributed by atoms with E-state index in [0.29, 0.717) is 5.06 Å². The highest BCUT2D eigenvalue weighted by Gasteiger charge is 2.32. The van der Waals surface area contributed by atoms with Gasteiger partial charge in [0.2, 0.25) is 0 Å². The Morgan fingerprint density at radius 1 is 0.889 bits per heavy atom. The van der Waals surface area contributed by atoms with Gasteiger partial charge in [-0.05, 0) is 33.2 Å². The first-order valence-electron chi connectivity index (χ1n) is 8.67. The Balaban J connectivity index is 1.50. The zero-order chi connectivity index (χ0) is 18.8. The molecule has 1 fully saturated rings. The molecule has 0 saturated carbocycles. The van der Waals surface area contributed by atoms with Crippen LogP contribution in [0.2, 0.25) is 0 Å². The van der Waals surface area contributed by atoms with Crippen molar-refractivity contribution in [2.24, 2.45) is 0 Å². The van der Waals surface area contributed by atoms with Crippen molar-refractivity contribution in [1.29, 1.82) is 0 Å². The van der Waals surface area contributed by atoms with Gasteiger partial charge in [-0.15, -0.1) is 5.06 Å². The van der Waals surface area contributed by atoms with Crippen LogP contribution < -0.4 is 0 Å². The molecule has 3 aromatic rings. The maximum absolute atomic E-state index is 11.9. The van der Waals surface area contributed by atoms with E-state index in [0.717, 1.165) is 27.1 Å². The molecule has 0 unspecified atom stereocenters. The highest BCUT2D eigenvalue weighted by molar-refractivity contribution is 6.02. The Bertz CT molecular complexity index is 989. The van der Waals surface area contributed by atoms with Gasteiger partial charge < -0.3 is 9.57 Å². The third kappa shape index (κ3) is 3.39. The van der Waals surface area contributed by atoms with Crippen LogP contribution in [0.5, 0.6) is 0 Å². The molecule has 0 aliphatic carbocycles. The second-order valence-corrected chi connectivity index (χ2v) is 6.34. The van der Waals surface area contributed by atoms with E-state index in [-0.39, 0.29) is 26.1 Å². The number of hydroxylamine groups is 2. The summed E-state index contributed by atoms with van der Waals surface area (Å²) in [7, 11) is 0. The monoisotopic (exact) mass is 363 g/mol. The fourth-order valence-electron chi connectivity index (χ4n) is 3.29. The largest absolute Gasteiger partial charge is 0.365 e. The normalized spacial score (nSPS) is 14.3. The van der Waals surface area contributed by atoms with Gasteiger partial charge in [-0.1, -0.05) is 48.5 Å². The van der Waals surface area contributed by atoms with Gasteiger partial charge in [-0.25, -0.2) is 4.79 Å². The highest BCUT2D eigenvalue weighted by Crippen LogP contribution is 2.29. The third-order valence-corrected chi connectivity index (χ3v) is 4.55. The number of benzene rings is 3. The van der Waals surface area contributed by atoms with E-state index in [1.54, 1.807) is 0 Å². The lowest BCUT2D eigenvalue weighted by Gasteiger charge is -2.14. The van der Waals surface area contributed by atoms with Gasteiger partial charge in [0.05, 0.1) is 6.61 Å². The van der Waals surface area contributed by atoms with Crippen molar-refractivity contribution >= 4 is 39.3 Å². The van der Waals surface area contributed by atoms with E-state index in [1.165, 1.54) is 0 Å². The standard InChI is InChI=1S/C21H17NO5/c23-19-9-10-20(24)22(19)27-21(25)13-26-12-18-16-7-3-1-5-14(16)11-15-6-2-4-8-17(15)18/h1-8,11H,9-10,12-13H2. The lowest BCUT2D eigenvalue weighted by molar-refractivity contribution is -0.200. The van der Waals surface area contributed by atoms with Crippen molar-refractivity contribution < 1.29 is 24.0 Å². The lowest BCUT2D eigenvalue weighted by atomic mass is 9.97. The molecule has 1 aliphatic rings. The fourth-order valence-corrected chi connectivity index (χ4v) is 3.29. The zero-order valence-electron chi connectivity index (χ0n) is 14.5. The topological polar surface area (TPSA) is 72.9 Å². The van der Waals surface area contributed by atoms with E-state index < -0.39 is 17.8 Å². The zero-order valence-corrected chi connectivity index (χ0v) is 14.5. The molecule has 0 spiro atoms. The molecular formula is C21H17NO5. The maximum Gasteiger partial charge on any atom is 0.358 e. The Labute approximate surface area is 155 Å². The van der Waals surface area contributed by atoms with Crippen LogP contribution in [0.3, 0.4) is 0 Å². The lowest BCUT2D eigenvalue weighted by Crippen LogP contribution is -2.33. The fraction of sp³-hybridized carbons (Fsp3) is 0.190. The smallest absolute Gasteiger partial charge is 0.358 e. The summed E-state index contributed by atoms with van der Waals surface area (Å²) in [6, 6.07) is 18.1. The van der Waals surface area contributed by atoms with E-state index >= 15 is 0 Å². The number of carbonyl (C=O) groups is 3. The minimum absolute atomic E-state index is 0.0644. The molecule has 27 heavy (non-hydrogen) atoms. The number of carbonyl (C=O) groups excluding carboxylic acids is 3. The molecule has 0 atom stereocenters. The van der Waals surface area contributed by atoms with Gasteiger partial charge in [0.15, 0.2) is 0 Å². The highest BCUT2D eigenvalue weighted by atomic mass is 16.7. The Morgan fingerprint density at radius 3 is 2.04 bits per heavy atom. The van der Waals surface area contributed by atoms with Crippen molar-refractivity contribution in [2.75, 3.05) is 6.61 Å². The number of nitrogens with zero attached hydrogens (tertiary/aromatic N) is 1. The molecule has 136 valence electrons. The minimum atomic E-state index is -0.775. The minimum Gasteiger partial charge on any atom is -0.365 e. The van der Waals surface area contributed by atoms with E-state index in [4.69, 9.17) is 9.57 Å².